The third-order valence-electron chi connectivity index (χ3n) is 3.73. The molecule has 1 unspecified atom stereocenters. The number of amides is 2. The van der Waals surface area contributed by atoms with Crippen LogP contribution in [0.15, 0.2) is 16.6 Å². The number of carbonyl (C=O) groups is 3. The fraction of sp³-hybridized carbons (Fsp3) is 0.471. The lowest BCUT2D eigenvalue weighted by atomic mass is 10.1. The number of benzene rings is 1. The number of nitrogens with zero attached hydrogens (tertiary/aromatic N) is 1. The van der Waals surface area contributed by atoms with Crippen LogP contribution in [0, 0.1) is 5.82 Å². The number of hydrogen-bond donors (Lipinski definition) is 1. The van der Waals surface area contributed by atoms with Gasteiger partial charge in [-0.2, -0.15) is 0 Å². The molecule has 0 aliphatic carbocycles. The first-order valence-corrected chi connectivity index (χ1v) is 8.59. The van der Waals surface area contributed by atoms with Gasteiger partial charge in [0.15, 0.2) is 0 Å². The maximum Gasteiger partial charge on any atom is 0.306 e. The molecule has 0 bridgehead atoms. The third-order valence-corrected chi connectivity index (χ3v) is 4.43. The molecule has 0 spiro atoms. The van der Waals surface area contributed by atoms with E-state index in [1.165, 1.54) is 11.0 Å². The van der Waals surface area contributed by atoms with Crippen LogP contribution in [0.1, 0.15) is 49.5 Å². The number of hydrogen-bond acceptors (Lipinski definition) is 4. The van der Waals surface area contributed by atoms with Crippen molar-refractivity contribution in [2.24, 2.45) is 5.73 Å². The van der Waals surface area contributed by atoms with Crippen molar-refractivity contribution in [1.29, 1.82) is 0 Å². The standard InChI is InChI=1S/C17H20BrFN2O4/c1-17(2,3)25-14(22)5-4-13(15(20)23)21-8-11-10(16(21)24)6-9(19)7-12(11)18/h6-7,13H,4-5,8H2,1-3H3,(H2,20,23). The highest BCUT2D eigenvalue weighted by molar-refractivity contribution is 9.10. The fourth-order valence-corrected chi connectivity index (χ4v) is 3.26. The van der Waals surface area contributed by atoms with Gasteiger partial charge in [0, 0.05) is 23.0 Å². The summed E-state index contributed by atoms with van der Waals surface area (Å²) in [6, 6.07) is 1.42. The number of esters is 1. The molecule has 0 fully saturated rings. The number of nitrogens with two attached hydrogens (primary N) is 1. The van der Waals surface area contributed by atoms with E-state index in [0.29, 0.717) is 10.0 Å². The Kier molecular flexibility index (Phi) is 5.51. The Morgan fingerprint density at radius 2 is 2.04 bits per heavy atom. The summed E-state index contributed by atoms with van der Waals surface area (Å²) in [5.74, 6) is -2.23. The van der Waals surface area contributed by atoms with E-state index in [2.05, 4.69) is 15.9 Å². The molecule has 25 heavy (non-hydrogen) atoms. The molecule has 1 atom stereocenters. The molecule has 1 aromatic rings. The second-order valence-corrected chi connectivity index (χ2v) is 7.74. The molecule has 1 aliphatic heterocycles. The van der Waals surface area contributed by atoms with Crippen LogP contribution in [-0.4, -0.2) is 34.3 Å². The zero-order valence-corrected chi connectivity index (χ0v) is 15.9. The first-order valence-electron chi connectivity index (χ1n) is 7.79. The topological polar surface area (TPSA) is 89.7 Å². The van der Waals surface area contributed by atoms with Crippen molar-refractivity contribution >= 4 is 33.7 Å². The lowest BCUT2D eigenvalue weighted by molar-refractivity contribution is -0.155. The summed E-state index contributed by atoms with van der Waals surface area (Å²) in [4.78, 5) is 37.5. The number of carbonyl (C=O) groups excluding carboxylic acids is 3. The first kappa shape index (κ1) is 19.4. The number of primary amides is 1. The summed E-state index contributed by atoms with van der Waals surface area (Å²) in [5, 5.41) is 0. The smallest absolute Gasteiger partial charge is 0.306 e. The molecule has 0 aromatic heterocycles. The molecule has 0 saturated carbocycles. The highest BCUT2D eigenvalue weighted by atomic mass is 79.9. The monoisotopic (exact) mass is 414 g/mol. The lowest BCUT2D eigenvalue weighted by Crippen LogP contribution is -2.45. The van der Waals surface area contributed by atoms with Crippen molar-refractivity contribution < 1.29 is 23.5 Å². The Bertz CT molecular complexity index is 730. The van der Waals surface area contributed by atoms with Gasteiger partial charge in [-0.1, -0.05) is 15.9 Å². The second-order valence-electron chi connectivity index (χ2n) is 6.89. The Morgan fingerprint density at radius 3 is 2.60 bits per heavy atom. The second kappa shape index (κ2) is 7.11. The van der Waals surface area contributed by atoms with Crippen LogP contribution in [-0.2, 0) is 20.9 Å². The summed E-state index contributed by atoms with van der Waals surface area (Å²) < 4.78 is 19.2. The molecule has 1 aliphatic rings. The van der Waals surface area contributed by atoms with E-state index in [9.17, 15) is 18.8 Å². The van der Waals surface area contributed by atoms with E-state index in [-0.39, 0.29) is 24.9 Å². The van der Waals surface area contributed by atoms with Crippen LogP contribution in [0.25, 0.3) is 0 Å². The van der Waals surface area contributed by atoms with Crippen LogP contribution >= 0.6 is 15.9 Å². The van der Waals surface area contributed by atoms with E-state index in [1.807, 2.05) is 0 Å². The zero-order chi connectivity index (χ0) is 18.9. The quantitative estimate of drug-likeness (QED) is 0.749. The minimum absolute atomic E-state index is 0.0457. The van der Waals surface area contributed by atoms with Crippen LogP contribution in [0.5, 0.6) is 0 Å². The van der Waals surface area contributed by atoms with Gasteiger partial charge in [-0.3, -0.25) is 14.4 Å². The molecule has 0 saturated heterocycles. The van der Waals surface area contributed by atoms with E-state index < -0.39 is 35.2 Å². The largest absolute Gasteiger partial charge is 0.460 e. The van der Waals surface area contributed by atoms with Gasteiger partial charge in [0.2, 0.25) is 5.91 Å². The maximum atomic E-state index is 13.5. The van der Waals surface area contributed by atoms with E-state index in [4.69, 9.17) is 10.5 Å². The third kappa shape index (κ3) is 4.56. The molecule has 2 rings (SSSR count). The molecule has 1 aromatic carbocycles. The van der Waals surface area contributed by atoms with Crippen LogP contribution in [0.2, 0.25) is 0 Å². The van der Waals surface area contributed by atoms with E-state index in [0.717, 1.165) is 6.07 Å². The summed E-state index contributed by atoms with van der Waals surface area (Å²) in [7, 11) is 0. The number of ether oxygens (including phenoxy) is 1. The molecule has 136 valence electrons. The van der Waals surface area contributed by atoms with E-state index in [1.54, 1.807) is 20.8 Å². The summed E-state index contributed by atoms with van der Waals surface area (Å²) >= 11 is 3.23. The molecule has 2 amide bonds. The van der Waals surface area contributed by atoms with Gasteiger partial charge in [-0.25, -0.2) is 4.39 Å². The maximum absolute atomic E-state index is 13.5. The lowest BCUT2D eigenvalue weighted by Gasteiger charge is -2.25. The van der Waals surface area contributed by atoms with Crippen LogP contribution < -0.4 is 5.73 Å². The predicted molar refractivity (Wildman–Crippen MR) is 92.0 cm³/mol. The van der Waals surface area contributed by atoms with Crippen molar-refractivity contribution in [3.63, 3.8) is 0 Å². The predicted octanol–water partition coefficient (Wildman–Crippen LogP) is 2.52. The summed E-state index contributed by atoms with van der Waals surface area (Å²) in [5.41, 5.74) is 5.57. The SMILES string of the molecule is CC(C)(C)OC(=O)CCC(C(N)=O)N1Cc2c(Br)cc(F)cc2C1=O. The molecule has 6 nitrogen and oxygen atoms in total. The van der Waals surface area contributed by atoms with Crippen molar-refractivity contribution in [3.8, 4) is 0 Å². The Hall–Kier alpha value is -1.96. The van der Waals surface area contributed by atoms with Crippen molar-refractivity contribution in [2.75, 3.05) is 0 Å². The highest BCUT2D eigenvalue weighted by Crippen LogP contribution is 2.32. The van der Waals surface area contributed by atoms with Gasteiger partial charge >= 0.3 is 5.97 Å². The first-order chi connectivity index (χ1) is 11.5. The van der Waals surface area contributed by atoms with Gasteiger partial charge < -0.3 is 15.4 Å². The summed E-state index contributed by atoms with van der Waals surface area (Å²) in [6.07, 6.45) is -0.00932. The normalized spacial score (nSPS) is 15.1. The van der Waals surface area contributed by atoms with Crippen molar-refractivity contribution in [1.82, 2.24) is 4.90 Å². The Balaban J connectivity index is 2.14. The van der Waals surface area contributed by atoms with E-state index >= 15 is 0 Å². The molecule has 8 heteroatoms. The minimum atomic E-state index is -0.970. The summed E-state index contributed by atoms with van der Waals surface area (Å²) in [6.45, 7) is 5.34. The van der Waals surface area contributed by atoms with Crippen LogP contribution in [0.3, 0.4) is 0 Å². The number of halogens is 2. The van der Waals surface area contributed by atoms with Crippen molar-refractivity contribution in [2.45, 2.75) is 51.8 Å². The average Bonchev–Trinajstić information content (AvgIpc) is 2.75. The van der Waals surface area contributed by atoms with Gasteiger partial charge in [0.1, 0.15) is 17.5 Å². The molecular formula is C17H20BrFN2O4. The Morgan fingerprint density at radius 1 is 1.40 bits per heavy atom. The number of rotatable bonds is 5. The molecule has 0 radical (unpaired) electrons. The molecule has 1 heterocycles. The fourth-order valence-electron chi connectivity index (χ4n) is 2.70. The molecular weight excluding hydrogens is 395 g/mol. The van der Waals surface area contributed by atoms with Gasteiger partial charge in [-0.05, 0) is 44.9 Å². The molecule has 2 N–H and O–H groups in total. The van der Waals surface area contributed by atoms with Crippen LogP contribution in [0.4, 0.5) is 4.39 Å². The van der Waals surface area contributed by atoms with Crippen molar-refractivity contribution in [3.05, 3.63) is 33.5 Å². The number of fused-ring (bicyclic) bond motifs is 1. The minimum Gasteiger partial charge on any atom is -0.460 e. The zero-order valence-electron chi connectivity index (χ0n) is 14.3. The van der Waals surface area contributed by atoms with Gasteiger partial charge in [0.25, 0.3) is 5.91 Å². The average molecular weight is 415 g/mol. The van der Waals surface area contributed by atoms with Gasteiger partial charge in [-0.15, -0.1) is 0 Å². The highest BCUT2D eigenvalue weighted by Gasteiger charge is 2.37. The van der Waals surface area contributed by atoms with Gasteiger partial charge in [0.05, 0.1) is 0 Å². The Labute approximate surface area is 153 Å².